The third-order valence-corrected chi connectivity index (χ3v) is 6.47. The van der Waals surface area contributed by atoms with Crippen molar-refractivity contribution < 1.29 is 9.53 Å². The van der Waals surface area contributed by atoms with Gasteiger partial charge in [0.25, 0.3) is 5.91 Å². The van der Waals surface area contributed by atoms with E-state index in [4.69, 9.17) is 10.5 Å². The van der Waals surface area contributed by atoms with Gasteiger partial charge in [-0.2, -0.15) is 0 Å². The fraction of sp³-hybridized carbons (Fsp3) is 0.400. The summed E-state index contributed by atoms with van der Waals surface area (Å²) in [5, 5.41) is 4.97. The number of carbonyl (C=O) groups is 1. The molecule has 0 radical (unpaired) electrons. The Morgan fingerprint density at radius 3 is 2.88 bits per heavy atom. The standard InChI is InChI=1S/C20H23N3O2S/c1-11-5-3-4-6-15(11)22-19(24)18-17(21)14-10-12-9-13(25-2)7-8-16(12)23-20(14)26-18/h7-11,15H,3-6,21H2,1-2H3,(H,22,24)/t11-,15+/m0/s1. The van der Waals surface area contributed by atoms with Gasteiger partial charge in [-0.15, -0.1) is 11.3 Å². The summed E-state index contributed by atoms with van der Waals surface area (Å²) in [4.78, 5) is 18.9. The Bertz CT molecular complexity index is 982. The van der Waals surface area contributed by atoms with Crippen molar-refractivity contribution in [1.29, 1.82) is 0 Å². The molecule has 136 valence electrons. The lowest BCUT2D eigenvalue weighted by Crippen LogP contribution is -2.40. The maximum atomic E-state index is 12.8. The van der Waals surface area contributed by atoms with E-state index >= 15 is 0 Å². The number of fused-ring (bicyclic) bond motifs is 2. The molecular formula is C20H23N3O2S. The van der Waals surface area contributed by atoms with Gasteiger partial charge in [0.1, 0.15) is 15.5 Å². The minimum atomic E-state index is -0.0779. The molecule has 0 spiro atoms. The van der Waals surface area contributed by atoms with Crippen LogP contribution in [0.25, 0.3) is 21.1 Å². The molecule has 0 aliphatic heterocycles. The first-order valence-electron chi connectivity index (χ1n) is 9.04. The molecule has 0 saturated heterocycles. The van der Waals surface area contributed by atoms with E-state index in [9.17, 15) is 4.79 Å². The van der Waals surface area contributed by atoms with Crippen molar-refractivity contribution >= 4 is 44.1 Å². The first kappa shape index (κ1) is 17.1. The Kier molecular flexibility index (Phi) is 4.44. The largest absolute Gasteiger partial charge is 0.497 e. The molecule has 1 fully saturated rings. The molecule has 3 N–H and O–H groups in total. The number of pyridine rings is 1. The second-order valence-corrected chi connectivity index (χ2v) is 8.09. The van der Waals surface area contributed by atoms with E-state index in [1.807, 2.05) is 24.3 Å². The van der Waals surface area contributed by atoms with Crippen LogP contribution in [0.4, 0.5) is 5.69 Å². The Hall–Kier alpha value is -2.34. The van der Waals surface area contributed by atoms with Gasteiger partial charge in [-0.1, -0.05) is 19.8 Å². The fourth-order valence-corrected chi connectivity index (χ4v) is 4.73. The number of nitrogen functional groups attached to an aromatic ring is 1. The number of anilines is 1. The van der Waals surface area contributed by atoms with E-state index in [0.29, 0.717) is 16.5 Å². The predicted molar refractivity (Wildman–Crippen MR) is 107 cm³/mol. The summed E-state index contributed by atoms with van der Waals surface area (Å²) in [6.07, 6.45) is 4.63. The number of nitrogens with two attached hydrogens (primary N) is 1. The third-order valence-electron chi connectivity index (χ3n) is 5.35. The zero-order valence-corrected chi connectivity index (χ0v) is 15.9. The summed E-state index contributed by atoms with van der Waals surface area (Å²) in [7, 11) is 1.64. The second-order valence-electron chi connectivity index (χ2n) is 7.09. The van der Waals surface area contributed by atoms with Crippen molar-refractivity contribution in [1.82, 2.24) is 10.3 Å². The number of nitrogens with zero attached hydrogens (tertiary/aromatic N) is 1. The molecule has 4 rings (SSSR count). The van der Waals surface area contributed by atoms with E-state index in [1.54, 1.807) is 7.11 Å². The number of ether oxygens (including phenoxy) is 1. The minimum absolute atomic E-state index is 0.0779. The second kappa shape index (κ2) is 6.76. The number of hydrogen-bond donors (Lipinski definition) is 2. The maximum absolute atomic E-state index is 12.8. The van der Waals surface area contributed by atoms with Gasteiger partial charge in [-0.25, -0.2) is 4.98 Å². The van der Waals surface area contributed by atoms with Crippen molar-refractivity contribution in [3.63, 3.8) is 0 Å². The molecule has 2 heterocycles. The summed E-state index contributed by atoms with van der Waals surface area (Å²) in [5.74, 6) is 1.21. The molecule has 26 heavy (non-hydrogen) atoms. The third kappa shape index (κ3) is 2.98. The first-order valence-corrected chi connectivity index (χ1v) is 9.86. The van der Waals surface area contributed by atoms with E-state index in [0.717, 1.165) is 33.3 Å². The lowest BCUT2D eigenvalue weighted by molar-refractivity contribution is 0.0915. The average molecular weight is 369 g/mol. The van der Waals surface area contributed by atoms with Crippen LogP contribution >= 0.6 is 11.3 Å². The van der Waals surface area contributed by atoms with Crippen LogP contribution < -0.4 is 15.8 Å². The van der Waals surface area contributed by atoms with Crippen molar-refractivity contribution in [3.8, 4) is 5.75 Å². The van der Waals surface area contributed by atoms with Crippen LogP contribution in [-0.2, 0) is 0 Å². The van der Waals surface area contributed by atoms with Gasteiger partial charge >= 0.3 is 0 Å². The molecule has 0 bridgehead atoms. The lowest BCUT2D eigenvalue weighted by Gasteiger charge is -2.29. The zero-order valence-electron chi connectivity index (χ0n) is 15.0. The number of carbonyl (C=O) groups excluding carboxylic acids is 1. The number of nitrogens with one attached hydrogen (secondary N) is 1. The van der Waals surface area contributed by atoms with Crippen molar-refractivity contribution in [2.24, 2.45) is 5.92 Å². The van der Waals surface area contributed by atoms with Gasteiger partial charge in [0, 0.05) is 16.8 Å². The number of thiophene rings is 1. The van der Waals surface area contributed by atoms with E-state index < -0.39 is 0 Å². The summed E-state index contributed by atoms with van der Waals surface area (Å²) < 4.78 is 5.28. The minimum Gasteiger partial charge on any atom is -0.497 e. The highest BCUT2D eigenvalue weighted by Gasteiger charge is 2.25. The van der Waals surface area contributed by atoms with Gasteiger partial charge < -0.3 is 15.8 Å². The highest BCUT2D eigenvalue weighted by atomic mass is 32.1. The van der Waals surface area contributed by atoms with Gasteiger partial charge in [0.05, 0.1) is 18.3 Å². The number of benzene rings is 1. The summed E-state index contributed by atoms with van der Waals surface area (Å²) in [6.45, 7) is 2.21. The molecule has 3 aromatic rings. The van der Waals surface area contributed by atoms with Crippen LogP contribution in [0.5, 0.6) is 5.75 Å². The van der Waals surface area contributed by atoms with Crippen LogP contribution in [0.1, 0.15) is 42.3 Å². The predicted octanol–water partition coefficient (Wildman–Crippen LogP) is 4.35. The molecule has 1 aromatic carbocycles. The summed E-state index contributed by atoms with van der Waals surface area (Å²) in [6, 6.07) is 7.97. The molecule has 6 heteroatoms. The molecule has 2 aromatic heterocycles. The molecule has 1 aliphatic carbocycles. The topological polar surface area (TPSA) is 77.2 Å². The quantitative estimate of drug-likeness (QED) is 0.719. The van der Waals surface area contributed by atoms with Crippen molar-refractivity contribution in [3.05, 3.63) is 29.1 Å². The van der Waals surface area contributed by atoms with Gasteiger partial charge in [0.15, 0.2) is 0 Å². The number of amides is 1. The molecule has 0 unspecified atom stereocenters. The van der Waals surface area contributed by atoms with Crippen molar-refractivity contribution in [2.45, 2.75) is 38.6 Å². The Labute approximate surface area is 156 Å². The molecule has 1 saturated carbocycles. The normalized spacial score (nSPS) is 20.4. The molecule has 5 nitrogen and oxygen atoms in total. The summed E-state index contributed by atoms with van der Waals surface area (Å²) in [5.41, 5.74) is 7.70. The fourth-order valence-electron chi connectivity index (χ4n) is 3.74. The molecule has 2 atom stereocenters. The Morgan fingerprint density at radius 2 is 2.12 bits per heavy atom. The van der Waals surface area contributed by atoms with Crippen LogP contribution in [0.3, 0.4) is 0 Å². The Balaban J connectivity index is 1.70. The molecular weight excluding hydrogens is 346 g/mol. The van der Waals surface area contributed by atoms with Gasteiger partial charge in [-0.05, 0) is 43.0 Å². The maximum Gasteiger partial charge on any atom is 0.263 e. The van der Waals surface area contributed by atoms with Crippen LogP contribution in [-0.4, -0.2) is 24.0 Å². The van der Waals surface area contributed by atoms with E-state index in [2.05, 4.69) is 17.2 Å². The monoisotopic (exact) mass is 369 g/mol. The highest BCUT2D eigenvalue weighted by Crippen LogP contribution is 2.35. The first-order chi connectivity index (χ1) is 12.6. The molecule has 1 aliphatic rings. The average Bonchev–Trinajstić information content (AvgIpc) is 2.97. The highest BCUT2D eigenvalue weighted by molar-refractivity contribution is 7.21. The van der Waals surface area contributed by atoms with E-state index in [-0.39, 0.29) is 11.9 Å². The number of methoxy groups -OCH3 is 1. The molecule has 1 amide bonds. The van der Waals surface area contributed by atoms with E-state index in [1.165, 1.54) is 30.6 Å². The van der Waals surface area contributed by atoms with Gasteiger partial charge in [-0.3, -0.25) is 4.79 Å². The summed E-state index contributed by atoms with van der Waals surface area (Å²) >= 11 is 1.37. The van der Waals surface area contributed by atoms with Crippen LogP contribution in [0.2, 0.25) is 0 Å². The van der Waals surface area contributed by atoms with Crippen LogP contribution in [0, 0.1) is 5.92 Å². The number of hydrogen-bond acceptors (Lipinski definition) is 5. The Morgan fingerprint density at radius 1 is 1.31 bits per heavy atom. The van der Waals surface area contributed by atoms with Crippen molar-refractivity contribution in [2.75, 3.05) is 12.8 Å². The smallest absolute Gasteiger partial charge is 0.263 e. The van der Waals surface area contributed by atoms with Crippen LogP contribution in [0.15, 0.2) is 24.3 Å². The van der Waals surface area contributed by atoms with Gasteiger partial charge in [0.2, 0.25) is 0 Å². The zero-order chi connectivity index (χ0) is 18.3. The number of aromatic nitrogens is 1. The SMILES string of the molecule is COc1ccc2nc3sc(C(=O)N[C@@H]4CCCC[C@@H]4C)c(N)c3cc2c1. The lowest BCUT2D eigenvalue weighted by atomic mass is 9.86. The number of rotatable bonds is 3.